The van der Waals surface area contributed by atoms with E-state index in [9.17, 15) is 14.9 Å². The van der Waals surface area contributed by atoms with Crippen LogP contribution in [0.1, 0.15) is 37.3 Å². The summed E-state index contributed by atoms with van der Waals surface area (Å²) in [6.45, 7) is 1.39. The molecule has 0 saturated heterocycles. The molecule has 0 spiro atoms. The van der Waals surface area contributed by atoms with Crippen molar-refractivity contribution in [2.75, 3.05) is 5.43 Å². The zero-order valence-corrected chi connectivity index (χ0v) is 15.5. The molecule has 0 saturated carbocycles. The zero-order chi connectivity index (χ0) is 19.9. The molecule has 0 heterocycles. The third kappa shape index (κ3) is 4.79. The van der Waals surface area contributed by atoms with Gasteiger partial charge >= 0.3 is 0 Å². The molecule has 2 aromatic rings. The van der Waals surface area contributed by atoms with Crippen molar-refractivity contribution >= 4 is 28.7 Å². The van der Waals surface area contributed by atoms with E-state index in [2.05, 4.69) is 27.1 Å². The summed E-state index contributed by atoms with van der Waals surface area (Å²) in [6, 6.07) is 13.9. The van der Waals surface area contributed by atoms with E-state index in [-0.39, 0.29) is 17.3 Å². The van der Waals surface area contributed by atoms with Crippen LogP contribution in [0.2, 0.25) is 0 Å². The average Bonchev–Trinajstić information content (AvgIpc) is 2.90. The van der Waals surface area contributed by atoms with Crippen molar-refractivity contribution in [3.05, 3.63) is 69.8 Å². The van der Waals surface area contributed by atoms with Crippen molar-refractivity contribution in [1.82, 2.24) is 5.43 Å². The van der Waals surface area contributed by atoms with Gasteiger partial charge in [0.1, 0.15) is 0 Å². The number of Topliss-reactive ketones (excluding diaryl/α,β-unsaturated/α-hetero) is 1. The van der Waals surface area contributed by atoms with E-state index in [1.165, 1.54) is 36.8 Å². The highest BCUT2D eigenvalue weighted by atomic mass is 16.6. The molecule has 0 atom stereocenters. The van der Waals surface area contributed by atoms with E-state index in [4.69, 9.17) is 0 Å². The van der Waals surface area contributed by atoms with E-state index < -0.39 is 4.92 Å². The molecule has 144 valence electrons. The Morgan fingerprint density at radius 2 is 1.79 bits per heavy atom. The number of hydrazone groups is 2. The Kier molecular flexibility index (Phi) is 6.11. The normalized spacial score (nSPS) is 15.5. The van der Waals surface area contributed by atoms with Crippen molar-refractivity contribution < 1.29 is 9.72 Å². The second kappa shape index (κ2) is 8.90. The third-order valence-electron chi connectivity index (χ3n) is 4.44. The second-order valence-electron chi connectivity index (χ2n) is 6.47. The van der Waals surface area contributed by atoms with Crippen LogP contribution in [0.25, 0.3) is 0 Å². The topological polar surface area (TPSA) is 109 Å². The number of nitro groups is 1. The zero-order valence-electron chi connectivity index (χ0n) is 15.5. The van der Waals surface area contributed by atoms with Crippen LogP contribution in [0.5, 0.6) is 0 Å². The van der Waals surface area contributed by atoms with Crippen LogP contribution in [-0.2, 0) is 11.2 Å². The second-order valence-corrected chi connectivity index (χ2v) is 6.47. The molecule has 0 aromatic heterocycles. The minimum atomic E-state index is -0.476. The van der Waals surface area contributed by atoms with Crippen molar-refractivity contribution in [1.29, 1.82) is 0 Å². The molecule has 8 nitrogen and oxygen atoms in total. The number of rotatable bonds is 5. The third-order valence-corrected chi connectivity index (χ3v) is 4.44. The Morgan fingerprint density at radius 1 is 1.07 bits per heavy atom. The molecule has 0 aliphatic heterocycles. The molecule has 28 heavy (non-hydrogen) atoms. The SMILES string of the molecule is CC(=O)/C(=N\Nc1ccc([N+](=O)[O-])cc1)N/N=C1\CCCCc2ccccc21. The number of nitrogens with one attached hydrogen (secondary N) is 2. The monoisotopic (exact) mass is 379 g/mol. The van der Waals surface area contributed by atoms with Gasteiger partial charge in [-0.15, -0.1) is 0 Å². The lowest BCUT2D eigenvalue weighted by Crippen LogP contribution is -2.28. The van der Waals surface area contributed by atoms with Gasteiger partial charge in [-0.25, -0.2) is 0 Å². The van der Waals surface area contributed by atoms with Gasteiger partial charge in [-0.3, -0.25) is 25.8 Å². The van der Waals surface area contributed by atoms with Gasteiger partial charge in [0.25, 0.3) is 5.69 Å². The van der Waals surface area contributed by atoms with Gasteiger partial charge in [0.2, 0.25) is 5.84 Å². The molecule has 3 rings (SSSR count). The first-order chi connectivity index (χ1) is 13.5. The number of non-ortho nitro benzene ring substituents is 1. The summed E-state index contributed by atoms with van der Waals surface area (Å²) in [6.07, 6.45) is 3.98. The van der Waals surface area contributed by atoms with Crippen molar-refractivity contribution in [2.45, 2.75) is 32.6 Å². The maximum atomic E-state index is 11.9. The molecule has 1 aliphatic carbocycles. The van der Waals surface area contributed by atoms with Gasteiger partial charge < -0.3 is 0 Å². The Bertz CT molecular complexity index is 935. The van der Waals surface area contributed by atoms with E-state index in [1.54, 1.807) is 0 Å². The van der Waals surface area contributed by atoms with E-state index in [0.717, 1.165) is 37.0 Å². The van der Waals surface area contributed by atoms with Crippen molar-refractivity contribution in [3.8, 4) is 0 Å². The number of nitro benzene ring substituents is 1. The number of benzene rings is 2. The summed E-state index contributed by atoms with van der Waals surface area (Å²) in [7, 11) is 0. The fraction of sp³-hybridized carbons (Fsp3) is 0.250. The van der Waals surface area contributed by atoms with E-state index in [1.807, 2.05) is 18.2 Å². The Labute approximate surface area is 162 Å². The van der Waals surface area contributed by atoms with Crippen LogP contribution in [0.3, 0.4) is 0 Å². The molecule has 0 unspecified atom stereocenters. The maximum absolute atomic E-state index is 11.9. The van der Waals surface area contributed by atoms with Crippen LogP contribution < -0.4 is 10.9 Å². The highest BCUT2D eigenvalue weighted by Crippen LogP contribution is 2.20. The summed E-state index contributed by atoms with van der Waals surface area (Å²) in [5.41, 5.74) is 9.26. The number of carbonyl (C=O) groups excluding carboxylic acids is 1. The minimum absolute atomic E-state index is 0.0159. The summed E-state index contributed by atoms with van der Waals surface area (Å²) in [5.74, 6) is -0.215. The lowest BCUT2D eigenvalue weighted by atomic mass is 10.0. The van der Waals surface area contributed by atoms with Gasteiger partial charge in [0.15, 0.2) is 5.78 Å². The van der Waals surface area contributed by atoms with Crippen LogP contribution in [0.4, 0.5) is 11.4 Å². The fourth-order valence-electron chi connectivity index (χ4n) is 2.96. The van der Waals surface area contributed by atoms with Crippen molar-refractivity contribution in [2.24, 2.45) is 10.2 Å². The first-order valence-corrected chi connectivity index (χ1v) is 9.04. The Hall–Kier alpha value is -3.55. The largest absolute Gasteiger partial charge is 0.291 e. The Morgan fingerprint density at radius 3 is 2.50 bits per heavy atom. The minimum Gasteiger partial charge on any atom is -0.291 e. The molecular weight excluding hydrogens is 358 g/mol. The summed E-state index contributed by atoms with van der Waals surface area (Å²) >= 11 is 0. The first kappa shape index (κ1) is 19.2. The summed E-state index contributed by atoms with van der Waals surface area (Å²) in [5, 5.41) is 19.2. The van der Waals surface area contributed by atoms with Crippen LogP contribution >= 0.6 is 0 Å². The molecule has 1 aliphatic rings. The Balaban J connectivity index is 1.76. The molecule has 2 N–H and O–H groups in total. The van der Waals surface area contributed by atoms with Crippen molar-refractivity contribution in [3.63, 3.8) is 0 Å². The standard InChI is InChI=1S/C20H21N5O3/c1-14(26)20(23-21-16-10-12-17(13-11-16)25(27)28)24-22-19-9-5-3-7-15-6-2-4-8-18(15)19/h2,4,6,8,10-13,21H,3,5,7,9H2,1H3,(H,23,24)/b22-19+. The van der Waals surface area contributed by atoms with Gasteiger partial charge in [-0.2, -0.15) is 10.2 Å². The molecule has 0 amide bonds. The first-order valence-electron chi connectivity index (χ1n) is 9.04. The highest BCUT2D eigenvalue weighted by molar-refractivity contribution is 6.38. The molecule has 0 radical (unpaired) electrons. The van der Waals surface area contributed by atoms with Crippen LogP contribution in [0.15, 0.2) is 58.7 Å². The van der Waals surface area contributed by atoms with Gasteiger partial charge in [0, 0.05) is 24.6 Å². The number of ketones is 1. The number of fused-ring (bicyclic) bond motifs is 1. The number of nitrogens with zero attached hydrogens (tertiary/aromatic N) is 3. The molecule has 8 heteroatoms. The molecule has 0 fully saturated rings. The smallest absolute Gasteiger partial charge is 0.269 e. The van der Waals surface area contributed by atoms with Gasteiger partial charge in [0.05, 0.1) is 16.3 Å². The number of anilines is 1. The average molecular weight is 379 g/mol. The van der Waals surface area contributed by atoms with E-state index >= 15 is 0 Å². The summed E-state index contributed by atoms with van der Waals surface area (Å²) in [4.78, 5) is 22.1. The quantitative estimate of drug-likeness (QED) is 0.271. The lowest BCUT2D eigenvalue weighted by molar-refractivity contribution is -0.384. The van der Waals surface area contributed by atoms with Gasteiger partial charge in [-0.05, 0) is 43.4 Å². The van der Waals surface area contributed by atoms with E-state index in [0.29, 0.717) is 5.69 Å². The summed E-state index contributed by atoms with van der Waals surface area (Å²) < 4.78 is 0. The predicted octanol–water partition coefficient (Wildman–Crippen LogP) is 3.63. The molecular formula is C20H21N5O3. The fourth-order valence-corrected chi connectivity index (χ4v) is 2.96. The maximum Gasteiger partial charge on any atom is 0.269 e. The van der Waals surface area contributed by atoms with Crippen LogP contribution in [-0.4, -0.2) is 22.3 Å². The molecule has 0 bridgehead atoms. The number of carbonyl (C=O) groups is 1. The number of amidine groups is 1. The molecule has 2 aromatic carbocycles. The number of hydrogen-bond donors (Lipinski definition) is 2. The predicted molar refractivity (Wildman–Crippen MR) is 109 cm³/mol. The van der Waals surface area contributed by atoms with Crippen LogP contribution in [0, 0.1) is 10.1 Å². The number of hydrogen-bond acceptors (Lipinski definition) is 6. The highest BCUT2D eigenvalue weighted by Gasteiger charge is 2.14. The number of aryl methyl sites for hydroxylation is 1. The van der Waals surface area contributed by atoms with Gasteiger partial charge in [-0.1, -0.05) is 24.3 Å². The lowest BCUT2D eigenvalue weighted by Gasteiger charge is -2.09.